The molecule has 1 aromatic carbocycles. The first-order valence-electron chi connectivity index (χ1n) is 5.62. The monoisotopic (exact) mass is 289 g/mol. The van der Waals surface area contributed by atoms with Crippen LogP contribution in [0.25, 0.3) is 0 Å². The molecule has 3 N–H and O–H groups in total. The maximum atomic E-state index is 10.8. The number of carbonyl (C=O) groups is 1. The van der Waals surface area contributed by atoms with Crippen LogP contribution in [0.2, 0.25) is 0 Å². The molecule has 0 aliphatic carbocycles. The number of hydrogen-bond acceptors (Lipinski definition) is 4. The van der Waals surface area contributed by atoms with Crippen molar-refractivity contribution in [3.8, 4) is 0 Å². The molecule has 1 heterocycles. The number of hydrazone groups is 1. The van der Waals surface area contributed by atoms with Crippen molar-refractivity contribution in [3.05, 3.63) is 54.0 Å². The molecule has 0 spiro atoms. The predicted molar refractivity (Wildman–Crippen MR) is 79.1 cm³/mol. The van der Waals surface area contributed by atoms with Gasteiger partial charge in [-0.1, -0.05) is 6.07 Å². The molecule has 0 radical (unpaired) electrons. The summed E-state index contributed by atoms with van der Waals surface area (Å²) in [7, 11) is 0. The van der Waals surface area contributed by atoms with Crippen molar-refractivity contribution in [2.45, 2.75) is 0 Å². The minimum Gasteiger partial charge on any atom is -0.478 e. The second kappa shape index (κ2) is 6.48. The maximum Gasteiger partial charge on any atom is 0.335 e. The summed E-state index contributed by atoms with van der Waals surface area (Å²) in [5.74, 6) is -0.406. The third-order valence-electron chi connectivity index (χ3n) is 2.27. The molecule has 0 atom stereocenters. The van der Waals surface area contributed by atoms with Crippen molar-refractivity contribution < 1.29 is 14.3 Å². The minimum absolute atomic E-state index is 0.178. The number of benzene rings is 1. The molecule has 0 bridgehead atoms. The first-order chi connectivity index (χ1) is 9.65. The van der Waals surface area contributed by atoms with Crippen LogP contribution in [0.4, 0.5) is 5.69 Å². The maximum absolute atomic E-state index is 10.8. The Kier molecular flexibility index (Phi) is 4.46. The van der Waals surface area contributed by atoms with E-state index in [2.05, 4.69) is 15.8 Å². The second-order valence-corrected chi connectivity index (χ2v) is 4.13. The molecule has 102 valence electrons. The average Bonchev–Trinajstić information content (AvgIpc) is 2.92. The molecule has 0 unspecified atom stereocenters. The van der Waals surface area contributed by atoms with Crippen molar-refractivity contribution >= 4 is 35.2 Å². The molecule has 0 saturated carbocycles. The Balaban J connectivity index is 1.91. The lowest BCUT2D eigenvalue weighted by Gasteiger charge is -2.07. The van der Waals surface area contributed by atoms with E-state index >= 15 is 0 Å². The number of thiocarbonyl (C=S) groups is 1. The zero-order valence-corrected chi connectivity index (χ0v) is 11.1. The highest BCUT2D eigenvalue weighted by Gasteiger charge is 2.03. The average molecular weight is 289 g/mol. The van der Waals surface area contributed by atoms with Crippen LogP contribution < -0.4 is 10.7 Å². The highest BCUT2D eigenvalue weighted by atomic mass is 32.1. The fraction of sp³-hybridized carbons (Fsp3) is 0. The third kappa shape index (κ3) is 3.92. The van der Waals surface area contributed by atoms with Gasteiger partial charge in [-0.15, -0.1) is 0 Å². The summed E-state index contributed by atoms with van der Waals surface area (Å²) >= 11 is 5.03. The molecule has 0 aliphatic heterocycles. The van der Waals surface area contributed by atoms with Crippen LogP contribution >= 0.6 is 12.2 Å². The highest BCUT2D eigenvalue weighted by Crippen LogP contribution is 2.10. The largest absolute Gasteiger partial charge is 0.478 e. The number of nitrogens with zero attached hydrogens (tertiary/aromatic N) is 1. The molecular formula is C13H11N3O3S. The van der Waals surface area contributed by atoms with E-state index in [1.165, 1.54) is 24.6 Å². The van der Waals surface area contributed by atoms with Gasteiger partial charge in [-0.05, 0) is 42.5 Å². The fourth-order valence-corrected chi connectivity index (χ4v) is 1.58. The Labute approximate surface area is 120 Å². The standard InChI is InChI=1S/C13H11N3O3S/c17-12(18)9-3-1-4-10(7-9)15-13(20)16-14-8-11-5-2-6-19-11/h1-8H,(H,17,18)(H2,15,16,20). The predicted octanol–water partition coefficient (Wildman–Crippen LogP) is 2.30. The summed E-state index contributed by atoms with van der Waals surface area (Å²) < 4.78 is 5.06. The summed E-state index contributed by atoms with van der Waals surface area (Å²) in [5.41, 5.74) is 3.34. The number of hydrogen-bond donors (Lipinski definition) is 3. The molecular weight excluding hydrogens is 278 g/mol. The summed E-state index contributed by atoms with van der Waals surface area (Å²) in [4.78, 5) is 10.8. The molecule has 0 fully saturated rings. The van der Waals surface area contributed by atoms with Gasteiger partial charge in [-0.2, -0.15) is 5.10 Å². The third-order valence-corrected chi connectivity index (χ3v) is 2.46. The minimum atomic E-state index is -0.997. The molecule has 2 rings (SSSR count). The van der Waals surface area contributed by atoms with Crippen LogP contribution in [0.5, 0.6) is 0 Å². The SMILES string of the molecule is O=C(O)c1cccc(NC(=S)NN=Cc2ccco2)c1. The summed E-state index contributed by atoms with van der Waals surface area (Å²) in [6.45, 7) is 0. The molecule has 2 aromatic rings. The summed E-state index contributed by atoms with van der Waals surface area (Å²) in [5, 5.41) is 15.8. The van der Waals surface area contributed by atoms with Crippen LogP contribution in [0.3, 0.4) is 0 Å². The van der Waals surface area contributed by atoms with Crippen LogP contribution in [0.1, 0.15) is 16.1 Å². The number of aromatic carboxylic acids is 1. The van der Waals surface area contributed by atoms with Crippen LogP contribution in [-0.4, -0.2) is 22.4 Å². The Morgan fingerprint density at radius 2 is 2.20 bits per heavy atom. The van der Waals surface area contributed by atoms with E-state index in [0.717, 1.165) is 0 Å². The lowest BCUT2D eigenvalue weighted by atomic mass is 10.2. The van der Waals surface area contributed by atoms with Gasteiger partial charge in [-0.3, -0.25) is 5.43 Å². The Hall–Kier alpha value is -2.67. The number of furan rings is 1. The molecule has 0 amide bonds. The number of rotatable bonds is 4. The van der Waals surface area contributed by atoms with Gasteiger partial charge in [-0.25, -0.2) is 4.79 Å². The van der Waals surface area contributed by atoms with Crippen molar-refractivity contribution in [3.63, 3.8) is 0 Å². The smallest absolute Gasteiger partial charge is 0.335 e. The van der Waals surface area contributed by atoms with E-state index in [-0.39, 0.29) is 10.7 Å². The summed E-state index contributed by atoms with van der Waals surface area (Å²) in [6, 6.07) is 9.80. The number of carboxylic acids is 1. The quantitative estimate of drug-likeness (QED) is 0.455. The van der Waals surface area contributed by atoms with Gasteiger partial charge in [0.15, 0.2) is 5.11 Å². The molecule has 20 heavy (non-hydrogen) atoms. The topological polar surface area (TPSA) is 86.9 Å². The van der Waals surface area contributed by atoms with E-state index in [1.807, 2.05) is 0 Å². The first kappa shape index (κ1) is 13.8. The molecule has 6 nitrogen and oxygen atoms in total. The highest BCUT2D eigenvalue weighted by molar-refractivity contribution is 7.80. The molecule has 0 saturated heterocycles. The van der Waals surface area contributed by atoms with Crippen LogP contribution in [0.15, 0.2) is 52.2 Å². The van der Waals surface area contributed by atoms with Gasteiger partial charge in [0.05, 0.1) is 18.0 Å². The lowest BCUT2D eigenvalue weighted by molar-refractivity contribution is 0.0697. The van der Waals surface area contributed by atoms with Gasteiger partial charge < -0.3 is 14.8 Å². The van der Waals surface area contributed by atoms with Gasteiger partial charge in [0.25, 0.3) is 0 Å². The van der Waals surface area contributed by atoms with E-state index in [0.29, 0.717) is 11.4 Å². The normalized spacial score (nSPS) is 10.4. The Bertz CT molecular complexity index is 638. The first-order valence-corrected chi connectivity index (χ1v) is 6.03. The summed E-state index contributed by atoms with van der Waals surface area (Å²) in [6.07, 6.45) is 3.01. The van der Waals surface area contributed by atoms with Crippen molar-refractivity contribution in [1.29, 1.82) is 0 Å². The Morgan fingerprint density at radius 3 is 2.90 bits per heavy atom. The van der Waals surface area contributed by atoms with Gasteiger partial charge >= 0.3 is 5.97 Å². The molecule has 0 aliphatic rings. The zero-order valence-electron chi connectivity index (χ0n) is 10.2. The van der Waals surface area contributed by atoms with E-state index < -0.39 is 5.97 Å². The van der Waals surface area contributed by atoms with E-state index in [9.17, 15) is 4.79 Å². The van der Waals surface area contributed by atoms with E-state index in [1.54, 1.807) is 24.3 Å². The number of nitrogens with one attached hydrogen (secondary N) is 2. The number of carboxylic acid groups (broad SMARTS) is 1. The molecule has 7 heteroatoms. The second-order valence-electron chi connectivity index (χ2n) is 3.73. The van der Waals surface area contributed by atoms with Crippen LogP contribution in [0, 0.1) is 0 Å². The van der Waals surface area contributed by atoms with Crippen molar-refractivity contribution in [1.82, 2.24) is 5.43 Å². The van der Waals surface area contributed by atoms with Crippen molar-refractivity contribution in [2.75, 3.05) is 5.32 Å². The van der Waals surface area contributed by atoms with Gasteiger partial charge in [0, 0.05) is 5.69 Å². The lowest BCUT2D eigenvalue weighted by Crippen LogP contribution is -2.23. The van der Waals surface area contributed by atoms with Crippen molar-refractivity contribution in [2.24, 2.45) is 5.10 Å². The molecule has 1 aromatic heterocycles. The van der Waals surface area contributed by atoms with Gasteiger partial charge in [0.1, 0.15) is 5.76 Å². The number of anilines is 1. The zero-order chi connectivity index (χ0) is 14.4. The fourth-order valence-electron chi connectivity index (χ4n) is 1.41. The van der Waals surface area contributed by atoms with Gasteiger partial charge in [0.2, 0.25) is 0 Å². The van der Waals surface area contributed by atoms with Crippen LogP contribution in [-0.2, 0) is 0 Å². The Morgan fingerprint density at radius 1 is 1.35 bits per heavy atom. The van der Waals surface area contributed by atoms with E-state index in [4.69, 9.17) is 21.7 Å².